The number of ether oxygens (including phenoxy) is 1. The molecule has 0 N–H and O–H groups in total. The van der Waals surface area contributed by atoms with Crippen LogP contribution < -0.4 is 9.64 Å². The molecule has 1 aliphatic heterocycles. The predicted molar refractivity (Wildman–Crippen MR) is 111 cm³/mol. The van der Waals surface area contributed by atoms with Crippen molar-refractivity contribution >= 4 is 22.5 Å². The number of nitrogens with zero attached hydrogens (tertiary/aromatic N) is 3. The maximum Gasteiger partial charge on any atom is 0.573 e. The average Bonchev–Trinajstić information content (AvgIpc) is 2.87. The second-order valence-electron chi connectivity index (χ2n) is 7.73. The van der Waals surface area contributed by atoms with Crippen molar-refractivity contribution in [2.45, 2.75) is 32.3 Å². The molecule has 0 spiro atoms. The molecular formula is C23H20F3N3O2. The Balaban J connectivity index is 1.64. The summed E-state index contributed by atoms with van der Waals surface area (Å²) in [4.78, 5) is 20.9. The SMILES string of the molecule is C=C1N(c2ccc(OC(F)(F)F)cc2)C(=O)C(C)(C)N1Cc1ccnc2ccccc12. The predicted octanol–water partition coefficient (Wildman–Crippen LogP) is 5.23. The number of fused-ring (bicyclic) bond motifs is 1. The van der Waals surface area contributed by atoms with E-state index in [0.717, 1.165) is 16.5 Å². The van der Waals surface area contributed by atoms with Crippen LogP contribution in [-0.2, 0) is 11.3 Å². The number of halogens is 3. The van der Waals surface area contributed by atoms with E-state index in [2.05, 4.69) is 16.3 Å². The van der Waals surface area contributed by atoms with Gasteiger partial charge < -0.3 is 9.64 Å². The van der Waals surface area contributed by atoms with Crippen molar-refractivity contribution < 1.29 is 22.7 Å². The van der Waals surface area contributed by atoms with Crippen LogP contribution in [0.15, 0.2) is 73.2 Å². The van der Waals surface area contributed by atoms with Crippen molar-refractivity contribution in [3.63, 3.8) is 0 Å². The number of anilines is 1. The van der Waals surface area contributed by atoms with Gasteiger partial charge in [0.1, 0.15) is 17.1 Å². The molecule has 0 bridgehead atoms. The Hall–Kier alpha value is -3.55. The lowest BCUT2D eigenvalue weighted by atomic mass is 10.0. The van der Waals surface area contributed by atoms with Crippen LogP contribution in [-0.4, -0.2) is 27.7 Å². The van der Waals surface area contributed by atoms with Crippen molar-refractivity contribution in [2.24, 2.45) is 0 Å². The van der Waals surface area contributed by atoms with E-state index in [9.17, 15) is 18.0 Å². The quantitative estimate of drug-likeness (QED) is 0.572. The third kappa shape index (κ3) is 3.81. The van der Waals surface area contributed by atoms with Gasteiger partial charge in [-0.3, -0.25) is 14.7 Å². The average molecular weight is 427 g/mol. The summed E-state index contributed by atoms with van der Waals surface area (Å²) in [6.07, 6.45) is -3.05. The van der Waals surface area contributed by atoms with E-state index in [-0.39, 0.29) is 11.7 Å². The van der Waals surface area contributed by atoms with Crippen LogP contribution in [0.1, 0.15) is 19.4 Å². The zero-order valence-corrected chi connectivity index (χ0v) is 17.0. The van der Waals surface area contributed by atoms with Crippen LogP contribution in [0.3, 0.4) is 0 Å². The maximum atomic E-state index is 13.2. The van der Waals surface area contributed by atoms with E-state index in [0.29, 0.717) is 18.1 Å². The molecule has 1 saturated heterocycles. The summed E-state index contributed by atoms with van der Waals surface area (Å²) in [5, 5.41) is 0.980. The van der Waals surface area contributed by atoms with Crippen LogP contribution in [0.2, 0.25) is 0 Å². The fourth-order valence-corrected chi connectivity index (χ4v) is 3.76. The van der Waals surface area contributed by atoms with Gasteiger partial charge in [0.25, 0.3) is 5.91 Å². The molecule has 1 amide bonds. The fourth-order valence-electron chi connectivity index (χ4n) is 3.76. The van der Waals surface area contributed by atoms with Gasteiger partial charge in [0.2, 0.25) is 0 Å². The molecule has 1 aliphatic rings. The summed E-state index contributed by atoms with van der Waals surface area (Å²) in [6, 6.07) is 14.8. The van der Waals surface area contributed by atoms with Crippen molar-refractivity contribution in [1.29, 1.82) is 0 Å². The van der Waals surface area contributed by atoms with Gasteiger partial charge in [-0.15, -0.1) is 13.2 Å². The Morgan fingerprint density at radius 3 is 2.42 bits per heavy atom. The van der Waals surface area contributed by atoms with E-state index in [1.807, 2.05) is 35.2 Å². The van der Waals surface area contributed by atoms with Gasteiger partial charge in [0.05, 0.1) is 11.2 Å². The van der Waals surface area contributed by atoms with Gasteiger partial charge in [-0.05, 0) is 55.8 Å². The molecule has 0 saturated carbocycles. The molecule has 160 valence electrons. The van der Waals surface area contributed by atoms with E-state index < -0.39 is 11.9 Å². The topological polar surface area (TPSA) is 45.7 Å². The highest BCUT2D eigenvalue weighted by Gasteiger charge is 2.48. The Bertz CT molecular complexity index is 1150. The summed E-state index contributed by atoms with van der Waals surface area (Å²) >= 11 is 0. The molecule has 0 aliphatic carbocycles. The van der Waals surface area contributed by atoms with Crippen molar-refractivity contribution in [3.05, 3.63) is 78.8 Å². The first-order chi connectivity index (χ1) is 14.6. The summed E-state index contributed by atoms with van der Waals surface area (Å²) in [7, 11) is 0. The molecule has 0 atom stereocenters. The highest BCUT2D eigenvalue weighted by atomic mass is 19.4. The summed E-state index contributed by atoms with van der Waals surface area (Å²) in [5.41, 5.74) is 1.36. The van der Waals surface area contributed by atoms with Crippen LogP contribution >= 0.6 is 0 Å². The molecule has 0 unspecified atom stereocenters. The summed E-state index contributed by atoms with van der Waals surface area (Å²) in [6.45, 7) is 8.12. The number of carbonyl (C=O) groups is 1. The number of carbonyl (C=O) groups excluding carboxylic acids is 1. The van der Waals surface area contributed by atoms with E-state index >= 15 is 0 Å². The van der Waals surface area contributed by atoms with Crippen molar-refractivity contribution in [3.8, 4) is 5.75 Å². The zero-order chi connectivity index (χ0) is 22.4. The monoisotopic (exact) mass is 427 g/mol. The minimum absolute atomic E-state index is 0.222. The zero-order valence-electron chi connectivity index (χ0n) is 17.0. The lowest BCUT2D eigenvalue weighted by Crippen LogP contribution is -2.42. The second kappa shape index (κ2) is 7.30. The summed E-state index contributed by atoms with van der Waals surface area (Å²) in [5.74, 6) is -0.131. The molecule has 1 fully saturated rings. The first-order valence-electron chi connectivity index (χ1n) is 9.57. The normalized spacial score (nSPS) is 16.3. The van der Waals surface area contributed by atoms with Gasteiger partial charge in [0.15, 0.2) is 0 Å². The summed E-state index contributed by atoms with van der Waals surface area (Å²) < 4.78 is 41.2. The minimum atomic E-state index is -4.78. The first kappa shape index (κ1) is 20.7. The number of hydrogen-bond donors (Lipinski definition) is 0. The molecule has 0 radical (unpaired) electrons. The lowest BCUT2D eigenvalue weighted by molar-refractivity contribution is -0.274. The third-order valence-electron chi connectivity index (χ3n) is 5.37. The van der Waals surface area contributed by atoms with E-state index in [1.165, 1.54) is 29.2 Å². The van der Waals surface area contributed by atoms with Gasteiger partial charge in [-0.1, -0.05) is 24.8 Å². The smallest absolute Gasteiger partial charge is 0.406 e. The van der Waals surface area contributed by atoms with Crippen LogP contribution in [0.25, 0.3) is 10.9 Å². The standard InChI is InChI=1S/C23H20F3N3O2/c1-15-28(14-16-12-13-27-20-7-5-4-6-19(16)20)22(2,3)21(30)29(15)17-8-10-18(11-9-17)31-23(24,25)26/h4-13H,1,14H2,2-3H3. The number of alkyl halides is 3. The fraction of sp³-hybridized carbons (Fsp3) is 0.217. The molecule has 5 nitrogen and oxygen atoms in total. The van der Waals surface area contributed by atoms with Gasteiger partial charge in [0, 0.05) is 18.1 Å². The minimum Gasteiger partial charge on any atom is -0.406 e. The van der Waals surface area contributed by atoms with Crippen molar-refractivity contribution in [2.75, 3.05) is 4.90 Å². The Kier molecular flexibility index (Phi) is 4.88. The van der Waals surface area contributed by atoms with Crippen LogP contribution in [0.4, 0.5) is 18.9 Å². The molecule has 3 aromatic rings. The molecule has 4 rings (SSSR count). The van der Waals surface area contributed by atoms with E-state index in [4.69, 9.17) is 0 Å². The van der Waals surface area contributed by atoms with Crippen LogP contribution in [0, 0.1) is 0 Å². The lowest BCUT2D eigenvalue weighted by Gasteiger charge is -2.30. The molecule has 31 heavy (non-hydrogen) atoms. The van der Waals surface area contributed by atoms with Gasteiger partial charge >= 0.3 is 6.36 Å². The molecular weight excluding hydrogens is 407 g/mol. The highest BCUT2D eigenvalue weighted by molar-refractivity contribution is 6.05. The Morgan fingerprint density at radius 1 is 1.06 bits per heavy atom. The largest absolute Gasteiger partial charge is 0.573 e. The molecule has 1 aromatic heterocycles. The molecule has 8 heteroatoms. The van der Waals surface area contributed by atoms with Crippen molar-refractivity contribution in [1.82, 2.24) is 9.88 Å². The Labute approximate surface area is 177 Å². The van der Waals surface area contributed by atoms with Crippen LogP contribution in [0.5, 0.6) is 5.75 Å². The molecule has 2 aromatic carbocycles. The number of rotatable bonds is 4. The number of pyridine rings is 1. The number of aromatic nitrogens is 1. The number of amides is 1. The highest BCUT2D eigenvalue weighted by Crippen LogP contribution is 2.39. The number of benzene rings is 2. The third-order valence-corrected chi connectivity index (χ3v) is 5.37. The first-order valence-corrected chi connectivity index (χ1v) is 9.57. The van der Waals surface area contributed by atoms with Gasteiger partial charge in [-0.25, -0.2) is 0 Å². The number of para-hydroxylation sites is 1. The second-order valence-corrected chi connectivity index (χ2v) is 7.73. The van der Waals surface area contributed by atoms with Gasteiger partial charge in [-0.2, -0.15) is 0 Å². The Morgan fingerprint density at radius 2 is 1.74 bits per heavy atom. The molecule has 2 heterocycles. The van der Waals surface area contributed by atoms with E-state index in [1.54, 1.807) is 20.0 Å². The number of hydrogen-bond acceptors (Lipinski definition) is 4. The maximum absolute atomic E-state index is 13.2.